The summed E-state index contributed by atoms with van der Waals surface area (Å²) in [5.74, 6) is 1.24. The van der Waals surface area contributed by atoms with Gasteiger partial charge in [-0.05, 0) is 55.3 Å². The van der Waals surface area contributed by atoms with Crippen LogP contribution in [0.2, 0.25) is 10.0 Å². The molecule has 0 aliphatic heterocycles. The number of amides is 1. The summed E-state index contributed by atoms with van der Waals surface area (Å²) in [5, 5.41) is 13.4. The Kier molecular flexibility index (Phi) is 7.70. The average molecular weight is 498 g/mol. The van der Waals surface area contributed by atoms with Gasteiger partial charge < -0.3 is 9.73 Å². The Morgan fingerprint density at radius 2 is 1.82 bits per heavy atom. The van der Waals surface area contributed by atoms with Crippen molar-refractivity contribution in [3.05, 3.63) is 99.4 Å². The highest BCUT2D eigenvalue weighted by Crippen LogP contribution is 2.24. The van der Waals surface area contributed by atoms with Crippen molar-refractivity contribution in [2.75, 3.05) is 6.54 Å². The molecule has 8 heteroatoms. The van der Waals surface area contributed by atoms with Crippen molar-refractivity contribution >= 4 is 40.9 Å². The highest BCUT2D eigenvalue weighted by Gasteiger charge is 2.12. The Bertz CT molecular complexity index is 1240. The molecule has 0 unspecified atom stereocenters. The maximum absolute atomic E-state index is 12.4. The van der Waals surface area contributed by atoms with E-state index in [0.717, 1.165) is 21.8 Å². The molecule has 2 aromatic heterocycles. The number of thioether (sulfide) groups is 1. The minimum absolute atomic E-state index is 0.265. The molecule has 2 aromatic carbocycles. The van der Waals surface area contributed by atoms with Crippen LogP contribution in [0.5, 0.6) is 0 Å². The molecular formula is C25H21Cl2N3O2S. The summed E-state index contributed by atoms with van der Waals surface area (Å²) in [6, 6.07) is 20.9. The average Bonchev–Trinajstić information content (AvgIpc) is 3.29. The Balaban J connectivity index is 1.26. The normalized spacial score (nSPS) is 10.9. The molecule has 0 saturated carbocycles. The van der Waals surface area contributed by atoms with E-state index in [-0.39, 0.29) is 11.7 Å². The number of aryl methyl sites for hydroxylation is 1. The van der Waals surface area contributed by atoms with Crippen molar-refractivity contribution in [2.24, 2.45) is 0 Å². The summed E-state index contributed by atoms with van der Waals surface area (Å²) in [6.07, 6.45) is 0.600. The van der Waals surface area contributed by atoms with Crippen LogP contribution in [0.1, 0.15) is 27.4 Å². The molecule has 0 aliphatic rings. The molecule has 33 heavy (non-hydrogen) atoms. The summed E-state index contributed by atoms with van der Waals surface area (Å²) < 4.78 is 5.69. The lowest BCUT2D eigenvalue weighted by molar-refractivity contribution is 0.0925. The second kappa shape index (κ2) is 10.9. The fourth-order valence-electron chi connectivity index (χ4n) is 3.12. The third kappa shape index (κ3) is 6.38. The van der Waals surface area contributed by atoms with Gasteiger partial charge in [0.05, 0.1) is 11.4 Å². The van der Waals surface area contributed by atoms with Crippen LogP contribution in [-0.2, 0) is 12.2 Å². The molecule has 0 bridgehead atoms. The van der Waals surface area contributed by atoms with Gasteiger partial charge in [0, 0.05) is 22.2 Å². The van der Waals surface area contributed by atoms with E-state index in [1.807, 2.05) is 30.3 Å². The molecular weight excluding hydrogens is 477 g/mol. The predicted octanol–water partition coefficient (Wildman–Crippen LogP) is 6.62. The molecule has 1 N–H and O–H groups in total. The summed E-state index contributed by atoms with van der Waals surface area (Å²) >= 11 is 13.6. The van der Waals surface area contributed by atoms with E-state index in [1.54, 1.807) is 24.3 Å². The first kappa shape index (κ1) is 23.4. The molecule has 5 nitrogen and oxygen atoms in total. The Morgan fingerprint density at radius 1 is 1.00 bits per heavy atom. The number of rotatable bonds is 8. The number of carbonyl (C=O) groups is 1. The smallest absolute Gasteiger partial charge is 0.287 e. The first-order chi connectivity index (χ1) is 16.0. The number of nitrogens with one attached hydrogen (secondary N) is 1. The summed E-state index contributed by atoms with van der Waals surface area (Å²) in [5.41, 5.74) is 3.99. The van der Waals surface area contributed by atoms with Gasteiger partial charge in [0.1, 0.15) is 10.8 Å². The highest BCUT2D eigenvalue weighted by molar-refractivity contribution is 7.98. The molecule has 168 valence electrons. The monoisotopic (exact) mass is 497 g/mol. The fourth-order valence-corrected chi connectivity index (χ4v) is 4.33. The van der Waals surface area contributed by atoms with E-state index in [0.29, 0.717) is 34.5 Å². The number of aromatic nitrogens is 2. The van der Waals surface area contributed by atoms with Gasteiger partial charge in [-0.3, -0.25) is 4.79 Å². The highest BCUT2D eigenvalue weighted by atomic mass is 35.5. The zero-order chi connectivity index (χ0) is 23.2. The van der Waals surface area contributed by atoms with E-state index in [9.17, 15) is 4.79 Å². The maximum Gasteiger partial charge on any atom is 0.287 e. The van der Waals surface area contributed by atoms with Gasteiger partial charge in [-0.1, -0.05) is 70.9 Å². The van der Waals surface area contributed by atoms with E-state index in [2.05, 4.69) is 34.6 Å². The molecule has 2 heterocycles. The number of hydrogen-bond acceptors (Lipinski definition) is 5. The second-order valence-electron chi connectivity index (χ2n) is 7.42. The van der Waals surface area contributed by atoms with Crippen molar-refractivity contribution < 1.29 is 9.21 Å². The molecule has 0 atom stereocenters. The molecule has 0 fully saturated rings. The molecule has 0 saturated heterocycles. The van der Waals surface area contributed by atoms with Crippen LogP contribution >= 0.6 is 35.0 Å². The van der Waals surface area contributed by atoms with Gasteiger partial charge in [0.2, 0.25) is 0 Å². The molecule has 4 rings (SSSR count). The number of carbonyl (C=O) groups excluding carboxylic acids is 1. The quantitative estimate of drug-likeness (QED) is 0.277. The standard InChI is InChI=1S/C25H21Cl2N3O2S/c1-16-2-4-18(5-3-16)22-9-11-24(30-29-22)33-15-20-8-10-23(32-20)25(31)28-13-12-17-6-7-19(26)14-21(17)27/h2-11,14H,12-13,15H2,1H3,(H,28,31). The minimum Gasteiger partial charge on any atom is -0.455 e. The Morgan fingerprint density at radius 3 is 2.55 bits per heavy atom. The van der Waals surface area contributed by atoms with Crippen LogP contribution in [0.4, 0.5) is 0 Å². The third-order valence-corrected chi connectivity index (χ3v) is 6.46. The second-order valence-corrected chi connectivity index (χ2v) is 9.26. The van der Waals surface area contributed by atoms with Gasteiger partial charge in [-0.15, -0.1) is 10.2 Å². The third-order valence-electron chi connectivity index (χ3n) is 4.93. The SMILES string of the molecule is Cc1ccc(-c2ccc(SCc3ccc(C(=O)NCCc4ccc(Cl)cc4Cl)o3)nn2)cc1. The molecule has 0 radical (unpaired) electrons. The van der Waals surface area contributed by atoms with Crippen molar-refractivity contribution in [1.29, 1.82) is 0 Å². The Labute approximate surface area is 206 Å². The molecule has 4 aromatic rings. The van der Waals surface area contributed by atoms with Gasteiger partial charge in [0.15, 0.2) is 5.76 Å². The van der Waals surface area contributed by atoms with Crippen LogP contribution in [-0.4, -0.2) is 22.6 Å². The zero-order valence-corrected chi connectivity index (χ0v) is 20.2. The Hall–Kier alpha value is -2.80. The van der Waals surface area contributed by atoms with Crippen LogP contribution in [0.3, 0.4) is 0 Å². The van der Waals surface area contributed by atoms with Crippen LogP contribution in [0, 0.1) is 6.92 Å². The molecule has 1 amide bonds. The van der Waals surface area contributed by atoms with E-state index in [1.165, 1.54) is 17.3 Å². The number of nitrogens with zero attached hydrogens (tertiary/aromatic N) is 2. The molecule has 0 spiro atoms. The first-order valence-corrected chi connectivity index (χ1v) is 12.1. The van der Waals surface area contributed by atoms with Gasteiger partial charge in [-0.2, -0.15) is 0 Å². The van der Waals surface area contributed by atoms with E-state index in [4.69, 9.17) is 27.6 Å². The lowest BCUT2D eigenvalue weighted by Gasteiger charge is -2.06. The number of benzene rings is 2. The van der Waals surface area contributed by atoms with Crippen LogP contribution in [0.25, 0.3) is 11.3 Å². The minimum atomic E-state index is -0.265. The van der Waals surface area contributed by atoms with Crippen molar-refractivity contribution in [2.45, 2.75) is 24.1 Å². The number of hydrogen-bond donors (Lipinski definition) is 1. The number of halogens is 2. The lowest BCUT2D eigenvalue weighted by Crippen LogP contribution is -2.25. The topological polar surface area (TPSA) is 68.0 Å². The van der Waals surface area contributed by atoms with E-state index < -0.39 is 0 Å². The van der Waals surface area contributed by atoms with Gasteiger partial charge in [0.25, 0.3) is 5.91 Å². The lowest BCUT2D eigenvalue weighted by atomic mass is 10.1. The van der Waals surface area contributed by atoms with Crippen LogP contribution in [0.15, 0.2) is 76.2 Å². The van der Waals surface area contributed by atoms with Crippen molar-refractivity contribution in [3.8, 4) is 11.3 Å². The first-order valence-electron chi connectivity index (χ1n) is 10.3. The summed E-state index contributed by atoms with van der Waals surface area (Å²) in [7, 11) is 0. The largest absolute Gasteiger partial charge is 0.455 e. The van der Waals surface area contributed by atoms with E-state index >= 15 is 0 Å². The molecule has 0 aliphatic carbocycles. The maximum atomic E-state index is 12.4. The van der Waals surface area contributed by atoms with Crippen LogP contribution < -0.4 is 5.32 Å². The van der Waals surface area contributed by atoms with Gasteiger partial charge >= 0.3 is 0 Å². The fraction of sp³-hybridized carbons (Fsp3) is 0.160. The summed E-state index contributed by atoms with van der Waals surface area (Å²) in [6.45, 7) is 2.49. The van der Waals surface area contributed by atoms with Crippen molar-refractivity contribution in [3.63, 3.8) is 0 Å². The van der Waals surface area contributed by atoms with Crippen molar-refractivity contribution in [1.82, 2.24) is 15.5 Å². The predicted molar refractivity (Wildman–Crippen MR) is 133 cm³/mol. The zero-order valence-electron chi connectivity index (χ0n) is 17.8. The summed E-state index contributed by atoms with van der Waals surface area (Å²) in [4.78, 5) is 12.4. The number of furan rings is 1. The van der Waals surface area contributed by atoms with Gasteiger partial charge in [-0.25, -0.2) is 0 Å².